The highest BCUT2D eigenvalue weighted by Gasteiger charge is 2.37. The lowest BCUT2D eigenvalue weighted by atomic mass is 10.2. The fraction of sp³-hybridized carbons (Fsp3) is 0.923. The van der Waals surface area contributed by atoms with Crippen LogP contribution < -0.4 is 0 Å². The van der Waals surface area contributed by atoms with Crippen LogP contribution in [-0.4, -0.2) is 39.3 Å². The SMILES string of the molecule is CC(C)(C)[Si](C)(C)OCCN(C=O)CC1CC1. The van der Waals surface area contributed by atoms with Gasteiger partial charge in [0.05, 0.1) is 6.61 Å². The molecule has 0 aromatic carbocycles. The van der Waals surface area contributed by atoms with Crippen LogP contribution in [-0.2, 0) is 9.22 Å². The molecular formula is C13H27NO2Si. The van der Waals surface area contributed by atoms with Gasteiger partial charge in [0.15, 0.2) is 8.32 Å². The van der Waals surface area contributed by atoms with Crippen molar-refractivity contribution in [1.29, 1.82) is 0 Å². The molecule has 1 aliphatic rings. The van der Waals surface area contributed by atoms with E-state index in [9.17, 15) is 4.79 Å². The first-order chi connectivity index (χ1) is 7.76. The summed E-state index contributed by atoms with van der Waals surface area (Å²) in [5, 5.41) is 0.246. The van der Waals surface area contributed by atoms with E-state index in [4.69, 9.17) is 4.43 Å². The molecule has 0 unspecified atom stereocenters. The first-order valence-electron chi connectivity index (χ1n) is 6.59. The summed E-state index contributed by atoms with van der Waals surface area (Å²) in [6, 6.07) is 0. The Kier molecular flexibility index (Phi) is 4.78. The molecule has 0 atom stereocenters. The van der Waals surface area contributed by atoms with Gasteiger partial charge in [-0.25, -0.2) is 0 Å². The summed E-state index contributed by atoms with van der Waals surface area (Å²) in [6.07, 6.45) is 3.54. The minimum atomic E-state index is -1.65. The van der Waals surface area contributed by atoms with Crippen molar-refractivity contribution in [2.45, 2.75) is 51.7 Å². The Labute approximate surface area is 107 Å². The van der Waals surface area contributed by atoms with E-state index in [0.717, 1.165) is 25.4 Å². The zero-order valence-electron chi connectivity index (χ0n) is 12.0. The Morgan fingerprint density at radius 2 is 1.94 bits per heavy atom. The number of carbonyl (C=O) groups is 1. The lowest BCUT2D eigenvalue weighted by Crippen LogP contribution is -2.42. The highest BCUT2D eigenvalue weighted by molar-refractivity contribution is 6.74. The molecule has 0 bridgehead atoms. The average molecular weight is 257 g/mol. The van der Waals surface area contributed by atoms with Gasteiger partial charge in [-0.2, -0.15) is 0 Å². The summed E-state index contributed by atoms with van der Waals surface area (Å²) < 4.78 is 6.07. The molecule has 1 rings (SSSR count). The Morgan fingerprint density at radius 1 is 1.35 bits per heavy atom. The molecule has 1 aliphatic carbocycles. The third-order valence-electron chi connectivity index (χ3n) is 3.99. The predicted octanol–water partition coefficient (Wildman–Crippen LogP) is 2.88. The molecule has 1 amide bonds. The van der Waals surface area contributed by atoms with E-state index in [1.807, 2.05) is 4.90 Å². The lowest BCUT2D eigenvalue weighted by molar-refractivity contribution is -0.118. The zero-order chi connectivity index (χ0) is 13.1. The second kappa shape index (κ2) is 5.53. The van der Waals surface area contributed by atoms with E-state index in [-0.39, 0.29) is 5.04 Å². The Balaban J connectivity index is 2.27. The topological polar surface area (TPSA) is 29.5 Å². The van der Waals surface area contributed by atoms with Crippen molar-refractivity contribution in [3.8, 4) is 0 Å². The molecule has 100 valence electrons. The molecule has 0 aliphatic heterocycles. The quantitative estimate of drug-likeness (QED) is 0.518. The third kappa shape index (κ3) is 4.80. The molecule has 17 heavy (non-hydrogen) atoms. The number of amides is 1. The van der Waals surface area contributed by atoms with Crippen LogP contribution in [0.3, 0.4) is 0 Å². The molecule has 0 spiro atoms. The van der Waals surface area contributed by atoms with Crippen LogP contribution in [0.4, 0.5) is 0 Å². The largest absolute Gasteiger partial charge is 0.415 e. The average Bonchev–Trinajstić information content (AvgIpc) is 2.98. The van der Waals surface area contributed by atoms with E-state index in [0.29, 0.717) is 6.61 Å². The van der Waals surface area contributed by atoms with Gasteiger partial charge in [0, 0.05) is 13.1 Å². The Hall–Kier alpha value is -0.353. The molecule has 0 aromatic rings. The van der Waals surface area contributed by atoms with Crippen LogP contribution in [0.1, 0.15) is 33.6 Å². The van der Waals surface area contributed by atoms with Gasteiger partial charge < -0.3 is 9.33 Å². The second-order valence-corrected chi connectivity index (χ2v) is 11.5. The van der Waals surface area contributed by atoms with Crippen LogP contribution in [0.15, 0.2) is 0 Å². The van der Waals surface area contributed by atoms with E-state index in [1.54, 1.807) is 0 Å². The highest BCUT2D eigenvalue weighted by Crippen LogP contribution is 2.36. The van der Waals surface area contributed by atoms with Crippen LogP contribution in [0.25, 0.3) is 0 Å². The molecule has 3 nitrogen and oxygen atoms in total. The van der Waals surface area contributed by atoms with Gasteiger partial charge in [-0.1, -0.05) is 20.8 Å². The zero-order valence-corrected chi connectivity index (χ0v) is 13.0. The normalized spacial score (nSPS) is 17.0. The monoisotopic (exact) mass is 257 g/mol. The Morgan fingerprint density at radius 3 is 2.35 bits per heavy atom. The van der Waals surface area contributed by atoms with Gasteiger partial charge in [-0.15, -0.1) is 0 Å². The van der Waals surface area contributed by atoms with E-state index >= 15 is 0 Å². The summed E-state index contributed by atoms with van der Waals surface area (Å²) in [5.74, 6) is 0.757. The van der Waals surface area contributed by atoms with Crippen LogP contribution in [0.5, 0.6) is 0 Å². The summed E-state index contributed by atoms with van der Waals surface area (Å²) >= 11 is 0. The minimum absolute atomic E-state index is 0.246. The molecule has 1 fully saturated rings. The summed E-state index contributed by atoms with van der Waals surface area (Å²) in [4.78, 5) is 12.8. The van der Waals surface area contributed by atoms with Gasteiger partial charge in [0.25, 0.3) is 0 Å². The van der Waals surface area contributed by atoms with Crippen molar-refractivity contribution < 1.29 is 9.22 Å². The molecule has 0 radical (unpaired) electrons. The first kappa shape index (κ1) is 14.7. The number of rotatable bonds is 7. The number of hydrogen-bond acceptors (Lipinski definition) is 2. The third-order valence-corrected chi connectivity index (χ3v) is 8.52. The smallest absolute Gasteiger partial charge is 0.209 e. The lowest BCUT2D eigenvalue weighted by Gasteiger charge is -2.36. The maximum Gasteiger partial charge on any atom is 0.209 e. The molecular weight excluding hydrogens is 230 g/mol. The van der Waals surface area contributed by atoms with Crippen molar-refractivity contribution in [1.82, 2.24) is 4.90 Å². The molecule has 4 heteroatoms. The van der Waals surface area contributed by atoms with Gasteiger partial charge in [0.2, 0.25) is 6.41 Å². The molecule has 0 aromatic heterocycles. The van der Waals surface area contributed by atoms with Crippen molar-refractivity contribution in [3.63, 3.8) is 0 Å². The fourth-order valence-corrected chi connectivity index (χ4v) is 2.49. The van der Waals surface area contributed by atoms with Gasteiger partial charge >= 0.3 is 0 Å². The summed E-state index contributed by atoms with van der Waals surface area (Å²) in [5.41, 5.74) is 0. The fourth-order valence-electron chi connectivity index (χ4n) is 1.45. The minimum Gasteiger partial charge on any atom is -0.415 e. The molecule has 0 N–H and O–H groups in total. The van der Waals surface area contributed by atoms with Crippen LogP contribution in [0, 0.1) is 5.92 Å². The summed E-state index contributed by atoms with van der Waals surface area (Å²) in [6.45, 7) is 13.6. The van der Waals surface area contributed by atoms with E-state index in [1.165, 1.54) is 12.8 Å². The van der Waals surface area contributed by atoms with Gasteiger partial charge in [-0.05, 0) is 36.9 Å². The van der Waals surface area contributed by atoms with Crippen LogP contribution >= 0.6 is 0 Å². The standard InChI is InChI=1S/C13H27NO2Si/c1-13(2,3)17(4,5)16-9-8-14(11-15)10-12-6-7-12/h11-12H,6-10H2,1-5H3. The van der Waals surface area contributed by atoms with Crippen molar-refractivity contribution in [2.24, 2.45) is 5.92 Å². The van der Waals surface area contributed by atoms with Gasteiger partial charge in [-0.3, -0.25) is 4.79 Å². The molecule has 0 heterocycles. The van der Waals surface area contributed by atoms with E-state index < -0.39 is 8.32 Å². The van der Waals surface area contributed by atoms with Crippen LogP contribution in [0.2, 0.25) is 18.1 Å². The first-order valence-corrected chi connectivity index (χ1v) is 9.50. The molecule has 0 saturated heterocycles. The van der Waals surface area contributed by atoms with E-state index in [2.05, 4.69) is 33.9 Å². The summed E-state index contributed by atoms with van der Waals surface area (Å²) in [7, 11) is -1.65. The van der Waals surface area contributed by atoms with Crippen molar-refractivity contribution in [3.05, 3.63) is 0 Å². The molecule has 1 saturated carbocycles. The Bertz CT molecular complexity index is 257. The maximum absolute atomic E-state index is 10.9. The highest BCUT2D eigenvalue weighted by atomic mass is 28.4. The number of nitrogens with zero attached hydrogens (tertiary/aromatic N) is 1. The second-order valence-electron chi connectivity index (χ2n) is 6.65. The number of carbonyl (C=O) groups excluding carboxylic acids is 1. The number of hydrogen-bond donors (Lipinski definition) is 0. The van der Waals surface area contributed by atoms with Crippen molar-refractivity contribution >= 4 is 14.7 Å². The van der Waals surface area contributed by atoms with Gasteiger partial charge in [0.1, 0.15) is 0 Å². The maximum atomic E-state index is 10.9. The predicted molar refractivity (Wildman–Crippen MR) is 73.5 cm³/mol. The van der Waals surface area contributed by atoms with Crippen molar-refractivity contribution in [2.75, 3.05) is 19.7 Å².